The summed E-state index contributed by atoms with van der Waals surface area (Å²) in [4.78, 5) is 0. The standard InChI is InChI=1S/C12H15FO/c1-3-9(2)12(8-14)10-4-6-11(13)7-5-10/h4-9,14H,3H2,1-2H3/b12-8-. The summed E-state index contributed by atoms with van der Waals surface area (Å²) in [5.41, 5.74) is 1.73. The molecule has 1 N–H and O–H groups in total. The van der Waals surface area contributed by atoms with Gasteiger partial charge in [-0.25, -0.2) is 4.39 Å². The Labute approximate surface area is 83.9 Å². The van der Waals surface area contributed by atoms with Crippen LogP contribution in [0.15, 0.2) is 30.5 Å². The van der Waals surface area contributed by atoms with Gasteiger partial charge in [-0.2, -0.15) is 0 Å². The van der Waals surface area contributed by atoms with Crippen molar-refractivity contribution in [2.45, 2.75) is 20.3 Å². The fourth-order valence-corrected chi connectivity index (χ4v) is 1.35. The summed E-state index contributed by atoms with van der Waals surface area (Å²) >= 11 is 0. The highest BCUT2D eigenvalue weighted by Gasteiger charge is 2.09. The number of benzene rings is 1. The number of hydrogen-bond donors (Lipinski definition) is 1. The third-order valence-corrected chi connectivity index (χ3v) is 2.46. The Morgan fingerprint density at radius 2 is 2.00 bits per heavy atom. The van der Waals surface area contributed by atoms with E-state index in [-0.39, 0.29) is 11.7 Å². The minimum atomic E-state index is -0.254. The van der Waals surface area contributed by atoms with E-state index in [0.29, 0.717) is 0 Å². The van der Waals surface area contributed by atoms with Crippen LogP contribution in [0.2, 0.25) is 0 Å². The molecule has 0 aliphatic carbocycles. The summed E-state index contributed by atoms with van der Waals surface area (Å²) in [7, 11) is 0. The van der Waals surface area contributed by atoms with Crippen LogP contribution >= 0.6 is 0 Å². The first-order valence-electron chi connectivity index (χ1n) is 4.79. The maximum Gasteiger partial charge on any atom is 0.123 e. The lowest BCUT2D eigenvalue weighted by Crippen LogP contribution is -1.97. The number of aliphatic hydroxyl groups excluding tert-OH is 1. The highest BCUT2D eigenvalue weighted by molar-refractivity contribution is 5.65. The number of allylic oxidation sites excluding steroid dienone is 1. The summed E-state index contributed by atoms with van der Waals surface area (Å²) < 4.78 is 12.7. The molecule has 0 spiro atoms. The van der Waals surface area contributed by atoms with Gasteiger partial charge in [-0.05, 0) is 35.6 Å². The number of aliphatic hydroxyl groups is 1. The largest absolute Gasteiger partial charge is 0.515 e. The van der Waals surface area contributed by atoms with Crippen molar-refractivity contribution in [3.8, 4) is 0 Å². The van der Waals surface area contributed by atoms with Gasteiger partial charge < -0.3 is 5.11 Å². The molecule has 76 valence electrons. The van der Waals surface area contributed by atoms with Gasteiger partial charge in [0.25, 0.3) is 0 Å². The zero-order valence-corrected chi connectivity index (χ0v) is 8.50. The monoisotopic (exact) mass is 194 g/mol. The van der Waals surface area contributed by atoms with Crippen LogP contribution in [0.1, 0.15) is 25.8 Å². The Hall–Kier alpha value is -1.31. The molecule has 0 aliphatic rings. The molecule has 1 unspecified atom stereocenters. The molecule has 2 heteroatoms. The fraction of sp³-hybridized carbons (Fsp3) is 0.333. The van der Waals surface area contributed by atoms with E-state index in [9.17, 15) is 4.39 Å². The van der Waals surface area contributed by atoms with Crippen LogP contribution in [-0.4, -0.2) is 5.11 Å². The van der Waals surface area contributed by atoms with Crippen LogP contribution in [-0.2, 0) is 0 Å². The number of rotatable bonds is 3. The molecule has 1 aromatic carbocycles. The van der Waals surface area contributed by atoms with E-state index in [4.69, 9.17) is 5.11 Å². The second-order valence-electron chi connectivity index (χ2n) is 3.40. The summed E-state index contributed by atoms with van der Waals surface area (Å²) in [6.45, 7) is 4.09. The first kappa shape index (κ1) is 10.8. The van der Waals surface area contributed by atoms with E-state index >= 15 is 0 Å². The van der Waals surface area contributed by atoms with Crippen LogP contribution in [0.25, 0.3) is 5.57 Å². The van der Waals surface area contributed by atoms with Gasteiger partial charge in [0.05, 0.1) is 6.26 Å². The van der Waals surface area contributed by atoms with Gasteiger partial charge in [0.2, 0.25) is 0 Å². The lowest BCUT2D eigenvalue weighted by Gasteiger charge is -2.12. The third-order valence-electron chi connectivity index (χ3n) is 2.46. The maximum atomic E-state index is 12.7. The van der Waals surface area contributed by atoms with Crippen molar-refractivity contribution in [2.24, 2.45) is 5.92 Å². The summed E-state index contributed by atoms with van der Waals surface area (Å²) in [6.07, 6.45) is 2.06. The van der Waals surface area contributed by atoms with Crippen molar-refractivity contribution >= 4 is 5.57 Å². The van der Waals surface area contributed by atoms with E-state index in [1.165, 1.54) is 12.1 Å². The van der Waals surface area contributed by atoms with Gasteiger partial charge in [-0.3, -0.25) is 0 Å². The second-order valence-corrected chi connectivity index (χ2v) is 3.40. The fourth-order valence-electron chi connectivity index (χ4n) is 1.35. The minimum Gasteiger partial charge on any atom is -0.515 e. The first-order valence-corrected chi connectivity index (χ1v) is 4.79. The van der Waals surface area contributed by atoms with Crippen LogP contribution in [0, 0.1) is 11.7 Å². The van der Waals surface area contributed by atoms with E-state index < -0.39 is 0 Å². The molecule has 0 saturated carbocycles. The van der Waals surface area contributed by atoms with Gasteiger partial charge in [-0.15, -0.1) is 0 Å². The normalized spacial score (nSPS) is 14.1. The average molecular weight is 194 g/mol. The molecule has 1 aromatic rings. The first-order chi connectivity index (χ1) is 6.69. The van der Waals surface area contributed by atoms with E-state index in [0.717, 1.165) is 23.8 Å². The van der Waals surface area contributed by atoms with Gasteiger partial charge in [0.15, 0.2) is 0 Å². The van der Waals surface area contributed by atoms with Crippen molar-refractivity contribution in [3.05, 3.63) is 41.9 Å². The lowest BCUT2D eigenvalue weighted by atomic mass is 9.93. The molecule has 0 bridgehead atoms. The van der Waals surface area contributed by atoms with Crippen molar-refractivity contribution in [1.82, 2.24) is 0 Å². The van der Waals surface area contributed by atoms with E-state index in [2.05, 4.69) is 6.92 Å². The lowest BCUT2D eigenvalue weighted by molar-refractivity contribution is 0.469. The molecular formula is C12H15FO. The summed E-state index contributed by atoms with van der Waals surface area (Å²) in [6, 6.07) is 6.18. The molecule has 14 heavy (non-hydrogen) atoms. The Morgan fingerprint density at radius 3 is 2.43 bits per heavy atom. The molecule has 0 aliphatic heterocycles. The molecule has 0 heterocycles. The predicted octanol–water partition coefficient (Wildman–Crippen LogP) is 3.77. The minimum absolute atomic E-state index is 0.254. The molecule has 0 fully saturated rings. The highest BCUT2D eigenvalue weighted by atomic mass is 19.1. The van der Waals surface area contributed by atoms with Crippen LogP contribution < -0.4 is 0 Å². The van der Waals surface area contributed by atoms with E-state index in [1.807, 2.05) is 6.92 Å². The van der Waals surface area contributed by atoms with Gasteiger partial charge in [0.1, 0.15) is 5.82 Å². The van der Waals surface area contributed by atoms with Crippen LogP contribution in [0.4, 0.5) is 4.39 Å². The molecule has 0 amide bonds. The second kappa shape index (κ2) is 4.80. The topological polar surface area (TPSA) is 20.2 Å². The van der Waals surface area contributed by atoms with E-state index in [1.54, 1.807) is 12.1 Å². The quantitative estimate of drug-likeness (QED) is 0.726. The van der Waals surface area contributed by atoms with Crippen LogP contribution in [0.5, 0.6) is 0 Å². The SMILES string of the molecule is CCC(C)/C(=C/O)c1ccc(F)cc1. The summed E-state index contributed by atoms with van der Waals surface area (Å²) in [5, 5.41) is 9.09. The smallest absolute Gasteiger partial charge is 0.123 e. The maximum absolute atomic E-state index is 12.7. The van der Waals surface area contributed by atoms with Crippen molar-refractivity contribution in [1.29, 1.82) is 0 Å². The van der Waals surface area contributed by atoms with Crippen LogP contribution in [0.3, 0.4) is 0 Å². The Balaban J connectivity index is 2.96. The predicted molar refractivity (Wildman–Crippen MR) is 56.5 cm³/mol. The third kappa shape index (κ3) is 2.34. The van der Waals surface area contributed by atoms with Crippen molar-refractivity contribution < 1.29 is 9.50 Å². The zero-order chi connectivity index (χ0) is 10.6. The molecular weight excluding hydrogens is 179 g/mol. The van der Waals surface area contributed by atoms with Gasteiger partial charge >= 0.3 is 0 Å². The van der Waals surface area contributed by atoms with Gasteiger partial charge in [-0.1, -0.05) is 26.0 Å². The molecule has 1 rings (SSSR count). The molecule has 1 atom stereocenters. The van der Waals surface area contributed by atoms with Crippen molar-refractivity contribution in [3.63, 3.8) is 0 Å². The molecule has 0 radical (unpaired) electrons. The Kier molecular flexibility index (Phi) is 3.69. The number of halogens is 1. The average Bonchev–Trinajstić information content (AvgIpc) is 2.21. The molecule has 0 aromatic heterocycles. The highest BCUT2D eigenvalue weighted by Crippen LogP contribution is 2.24. The molecule has 0 saturated heterocycles. The zero-order valence-electron chi connectivity index (χ0n) is 8.50. The summed E-state index contributed by atoms with van der Waals surface area (Å²) in [5.74, 6) is 0.0284. The Morgan fingerprint density at radius 1 is 1.43 bits per heavy atom. The molecule has 1 nitrogen and oxygen atoms in total. The Bertz CT molecular complexity index is 314. The number of hydrogen-bond acceptors (Lipinski definition) is 1. The van der Waals surface area contributed by atoms with Crippen molar-refractivity contribution in [2.75, 3.05) is 0 Å². The van der Waals surface area contributed by atoms with Gasteiger partial charge in [0, 0.05) is 0 Å².